The van der Waals surface area contributed by atoms with E-state index in [-0.39, 0.29) is 5.92 Å². The molecule has 0 heterocycles. The van der Waals surface area contributed by atoms with Crippen molar-refractivity contribution in [2.75, 3.05) is 6.61 Å². The summed E-state index contributed by atoms with van der Waals surface area (Å²) in [6.45, 7) is 8.28. The third-order valence-electron chi connectivity index (χ3n) is 6.03. The van der Waals surface area contributed by atoms with Gasteiger partial charge in [-0.25, -0.2) is 4.79 Å². The lowest BCUT2D eigenvalue weighted by atomic mass is 10.1. The van der Waals surface area contributed by atoms with Gasteiger partial charge in [0.1, 0.15) is 22.6 Å². The van der Waals surface area contributed by atoms with Gasteiger partial charge in [0, 0.05) is 0 Å². The number of rotatable bonds is 17. The van der Waals surface area contributed by atoms with Gasteiger partial charge in [0.25, 0.3) is 0 Å². The number of ether oxygens (including phenoxy) is 3. The van der Waals surface area contributed by atoms with Crippen molar-refractivity contribution in [1.29, 1.82) is 0 Å². The molecule has 0 bridgehead atoms. The monoisotopic (exact) mass is 514 g/mol. The number of allylic oxidation sites excluding steroid dienone is 1. The van der Waals surface area contributed by atoms with Crippen molar-refractivity contribution in [3.63, 3.8) is 0 Å². The molecular weight excluding hydrogens is 476 g/mol. The summed E-state index contributed by atoms with van der Waals surface area (Å²) in [6.07, 6.45) is 12.4. The molecular formula is C30H39ClO5. The first-order valence-corrected chi connectivity index (χ1v) is 13.4. The van der Waals surface area contributed by atoms with E-state index < -0.39 is 17.3 Å². The Hall–Kier alpha value is -2.79. The fourth-order valence-electron chi connectivity index (χ4n) is 3.51. The first-order chi connectivity index (χ1) is 17.4. The van der Waals surface area contributed by atoms with Gasteiger partial charge in [0.2, 0.25) is 0 Å². The van der Waals surface area contributed by atoms with E-state index in [2.05, 4.69) is 6.58 Å². The highest BCUT2D eigenvalue weighted by Gasteiger charge is 2.23. The van der Waals surface area contributed by atoms with Gasteiger partial charge < -0.3 is 14.2 Å². The van der Waals surface area contributed by atoms with Crippen LogP contribution >= 0.6 is 11.6 Å². The minimum atomic E-state index is -0.707. The molecule has 0 spiro atoms. The van der Waals surface area contributed by atoms with Crippen LogP contribution in [0.1, 0.15) is 82.0 Å². The molecule has 0 N–H and O–H groups in total. The minimum Gasteiger partial charge on any atom is -0.494 e. The first-order valence-electron chi connectivity index (χ1n) is 13.0. The van der Waals surface area contributed by atoms with Gasteiger partial charge in [-0.3, -0.25) is 4.79 Å². The van der Waals surface area contributed by atoms with E-state index >= 15 is 0 Å². The lowest BCUT2D eigenvalue weighted by molar-refractivity contribution is -0.134. The summed E-state index contributed by atoms with van der Waals surface area (Å²) in [4.78, 5) is 24.6. The zero-order valence-electron chi connectivity index (χ0n) is 21.5. The molecule has 0 radical (unpaired) electrons. The largest absolute Gasteiger partial charge is 0.494 e. The predicted molar refractivity (Wildman–Crippen MR) is 145 cm³/mol. The standard InChI is InChI=1S/C30H39ClO5/c1-4-6-7-8-9-10-11-12-13-22-34-25-16-14-24(15-17-25)29(32)35-26-18-20-27(21-19-26)36-30(33)28(31)23(3)5-2/h4,14-21,23,28H,1,5-13,22H2,2-3H3. The molecule has 0 aromatic heterocycles. The summed E-state index contributed by atoms with van der Waals surface area (Å²) in [6, 6.07) is 13.2. The topological polar surface area (TPSA) is 61.8 Å². The molecule has 36 heavy (non-hydrogen) atoms. The van der Waals surface area contributed by atoms with Crippen molar-refractivity contribution in [3.8, 4) is 17.2 Å². The Balaban J connectivity index is 1.69. The normalized spacial score (nSPS) is 12.4. The number of esters is 2. The molecule has 0 saturated carbocycles. The van der Waals surface area contributed by atoms with Gasteiger partial charge in [-0.15, -0.1) is 18.2 Å². The molecule has 0 amide bonds. The second-order valence-electron chi connectivity index (χ2n) is 8.99. The van der Waals surface area contributed by atoms with E-state index in [4.69, 9.17) is 25.8 Å². The molecule has 5 nitrogen and oxygen atoms in total. The van der Waals surface area contributed by atoms with Crippen LogP contribution in [0.25, 0.3) is 0 Å². The second-order valence-corrected chi connectivity index (χ2v) is 9.46. The molecule has 0 fully saturated rings. The molecule has 2 aromatic rings. The Bertz CT molecular complexity index is 923. The third-order valence-corrected chi connectivity index (χ3v) is 6.64. The van der Waals surface area contributed by atoms with E-state index in [1.807, 2.05) is 19.9 Å². The molecule has 0 aliphatic rings. The van der Waals surface area contributed by atoms with Gasteiger partial charge in [-0.2, -0.15) is 0 Å². The maximum atomic E-state index is 12.5. The summed E-state index contributed by atoms with van der Waals surface area (Å²) in [7, 11) is 0. The Labute approximate surface area is 220 Å². The predicted octanol–water partition coefficient (Wildman–Crippen LogP) is 8.15. The van der Waals surface area contributed by atoms with Crippen LogP contribution in [0.3, 0.4) is 0 Å². The Kier molecular flexibility index (Phi) is 13.7. The molecule has 0 aliphatic heterocycles. The molecule has 6 heteroatoms. The number of hydrogen-bond donors (Lipinski definition) is 0. The summed E-state index contributed by atoms with van der Waals surface area (Å²) in [5.41, 5.74) is 0.424. The van der Waals surface area contributed by atoms with Crippen molar-refractivity contribution in [2.45, 2.75) is 77.0 Å². The van der Waals surface area contributed by atoms with Gasteiger partial charge in [-0.05, 0) is 73.7 Å². The highest BCUT2D eigenvalue weighted by atomic mass is 35.5. The average molecular weight is 515 g/mol. The summed E-state index contributed by atoms with van der Waals surface area (Å²) < 4.78 is 16.5. The number of unbranched alkanes of at least 4 members (excludes halogenated alkanes) is 7. The van der Waals surface area contributed by atoms with Crippen molar-refractivity contribution >= 4 is 23.5 Å². The zero-order chi connectivity index (χ0) is 26.2. The van der Waals surface area contributed by atoms with Crippen LogP contribution in [-0.4, -0.2) is 23.9 Å². The molecule has 0 saturated heterocycles. The highest BCUT2D eigenvalue weighted by molar-refractivity contribution is 6.30. The Morgan fingerprint density at radius 2 is 1.36 bits per heavy atom. The summed E-state index contributed by atoms with van der Waals surface area (Å²) >= 11 is 6.13. The van der Waals surface area contributed by atoms with Gasteiger partial charge >= 0.3 is 11.9 Å². The maximum absolute atomic E-state index is 12.5. The average Bonchev–Trinajstić information content (AvgIpc) is 2.90. The fraction of sp³-hybridized carbons (Fsp3) is 0.467. The molecule has 2 rings (SSSR count). The van der Waals surface area contributed by atoms with Gasteiger partial charge in [0.15, 0.2) is 0 Å². The van der Waals surface area contributed by atoms with Crippen LogP contribution in [0.4, 0.5) is 0 Å². The maximum Gasteiger partial charge on any atom is 0.343 e. The molecule has 2 unspecified atom stereocenters. The molecule has 0 aliphatic carbocycles. The van der Waals surface area contributed by atoms with Gasteiger partial charge in [0.05, 0.1) is 12.2 Å². The van der Waals surface area contributed by atoms with Crippen LogP contribution in [0.5, 0.6) is 17.2 Å². The van der Waals surface area contributed by atoms with E-state index in [0.29, 0.717) is 23.7 Å². The number of carbonyl (C=O) groups is 2. The first kappa shape index (κ1) is 29.4. The highest BCUT2D eigenvalue weighted by Crippen LogP contribution is 2.22. The van der Waals surface area contributed by atoms with Gasteiger partial charge in [-0.1, -0.05) is 58.4 Å². The van der Waals surface area contributed by atoms with Crippen LogP contribution in [0.15, 0.2) is 61.2 Å². The minimum absolute atomic E-state index is 0.0172. The van der Waals surface area contributed by atoms with Crippen LogP contribution in [-0.2, 0) is 4.79 Å². The number of alkyl halides is 1. The van der Waals surface area contributed by atoms with Crippen LogP contribution in [0, 0.1) is 5.92 Å². The zero-order valence-corrected chi connectivity index (χ0v) is 22.3. The van der Waals surface area contributed by atoms with Crippen LogP contribution in [0.2, 0.25) is 0 Å². The van der Waals surface area contributed by atoms with Crippen molar-refractivity contribution in [1.82, 2.24) is 0 Å². The summed E-state index contributed by atoms with van der Waals surface area (Å²) in [5, 5.41) is -0.707. The second kappa shape index (κ2) is 16.8. The lowest BCUT2D eigenvalue weighted by Gasteiger charge is -2.15. The van der Waals surface area contributed by atoms with E-state index in [1.54, 1.807) is 48.5 Å². The Morgan fingerprint density at radius 3 is 1.94 bits per heavy atom. The molecule has 196 valence electrons. The van der Waals surface area contributed by atoms with Crippen LogP contribution < -0.4 is 14.2 Å². The summed E-state index contributed by atoms with van der Waals surface area (Å²) in [5.74, 6) is 0.481. The van der Waals surface area contributed by atoms with Crippen molar-refractivity contribution < 1.29 is 23.8 Å². The molecule has 2 atom stereocenters. The SMILES string of the molecule is C=CCCCCCCCCCOc1ccc(C(=O)Oc2ccc(OC(=O)C(Cl)C(C)CC)cc2)cc1. The molecule has 2 aromatic carbocycles. The number of carbonyl (C=O) groups excluding carboxylic acids is 2. The number of hydrogen-bond acceptors (Lipinski definition) is 5. The number of halogens is 1. The number of benzene rings is 2. The quantitative estimate of drug-likeness (QED) is 0.0700. The van der Waals surface area contributed by atoms with Crippen molar-refractivity contribution in [2.24, 2.45) is 5.92 Å². The lowest BCUT2D eigenvalue weighted by Crippen LogP contribution is -2.26. The Morgan fingerprint density at radius 1 is 0.833 bits per heavy atom. The fourth-order valence-corrected chi connectivity index (χ4v) is 3.73. The van der Waals surface area contributed by atoms with E-state index in [9.17, 15) is 9.59 Å². The van der Waals surface area contributed by atoms with E-state index in [0.717, 1.165) is 31.4 Å². The smallest absolute Gasteiger partial charge is 0.343 e. The van der Waals surface area contributed by atoms with E-state index in [1.165, 1.54) is 32.1 Å². The van der Waals surface area contributed by atoms with Crippen molar-refractivity contribution in [3.05, 3.63) is 66.7 Å². The third kappa shape index (κ3) is 10.9.